The van der Waals surface area contributed by atoms with Crippen LogP contribution in [0.4, 0.5) is 5.69 Å². The van der Waals surface area contributed by atoms with Crippen molar-refractivity contribution in [3.05, 3.63) is 34.9 Å². The van der Waals surface area contributed by atoms with E-state index in [0.717, 1.165) is 37.8 Å². The Morgan fingerprint density at radius 3 is 2.40 bits per heavy atom. The molecule has 2 aliphatic rings. The van der Waals surface area contributed by atoms with Crippen molar-refractivity contribution in [2.24, 2.45) is 17.6 Å². The van der Waals surface area contributed by atoms with Gasteiger partial charge in [-0.3, -0.25) is 28.5 Å². The van der Waals surface area contributed by atoms with E-state index >= 15 is 0 Å². The second-order valence-corrected chi connectivity index (χ2v) is 13.3. The van der Waals surface area contributed by atoms with E-state index in [1.807, 2.05) is 19.9 Å². The number of piperazine rings is 1. The molecule has 4 rings (SSSR count). The van der Waals surface area contributed by atoms with Gasteiger partial charge >= 0.3 is 0 Å². The van der Waals surface area contributed by atoms with Gasteiger partial charge in [-0.2, -0.15) is 0 Å². The Morgan fingerprint density at radius 2 is 1.73 bits per heavy atom. The third kappa shape index (κ3) is 9.77. The number of aromatic nitrogens is 2. The van der Waals surface area contributed by atoms with Crippen LogP contribution in [0.3, 0.4) is 0 Å². The lowest BCUT2D eigenvalue weighted by atomic mass is 9.86. The molecule has 0 spiro atoms. The van der Waals surface area contributed by atoms with Crippen molar-refractivity contribution in [2.75, 3.05) is 44.7 Å². The summed E-state index contributed by atoms with van der Waals surface area (Å²) < 4.78 is 1.29. The van der Waals surface area contributed by atoms with Crippen molar-refractivity contribution in [2.45, 2.75) is 96.7 Å². The quantitative estimate of drug-likeness (QED) is 0.209. The maximum Gasteiger partial charge on any atom is 0.261 e. The van der Waals surface area contributed by atoms with Crippen LogP contribution >= 0.6 is 0 Å². The third-order valence-electron chi connectivity index (χ3n) is 9.93. The van der Waals surface area contributed by atoms with Gasteiger partial charge in [0.05, 0.1) is 17.2 Å². The minimum Gasteiger partial charge on any atom is -0.368 e. The molecule has 5 N–H and O–H groups in total. The van der Waals surface area contributed by atoms with E-state index in [-0.39, 0.29) is 41.7 Å². The second-order valence-electron chi connectivity index (χ2n) is 13.3. The number of carbonyl (C=O) groups excluding carboxylic acids is 4. The van der Waals surface area contributed by atoms with Crippen molar-refractivity contribution >= 4 is 40.2 Å². The van der Waals surface area contributed by atoms with Crippen LogP contribution in [0, 0.1) is 11.8 Å². The fourth-order valence-corrected chi connectivity index (χ4v) is 6.69. The average molecular weight is 667 g/mol. The van der Waals surface area contributed by atoms with Gasteiger partial charge in [-0.15, -0.1) is 0 Å². The summed E-state index contributed by atoms with van der Waals surface area (Å²) in [5.41, 5.74) is 6.83. The lowest BCUT2D eigenvalue weighted by molar-refractivity contribution is -0.138. The molecule has 1 aliphatic heterocycles. The lowest BCUT2D eigenvalue weighted by Crippen LogP contribution is -2.58. The molecule has 1 aliphatic carbocycles. The first kappa shape index (κ1) is 36.8. The molecular weight excluding hydrogens is 612 g/mol. The Bertz CT molecular complexity index is 1460. The van der Waals surface area contributed by atoms with Crippen LogP contribution in [0.25, 0.3) is 10.9 Å². The van der Waals surface area contributed by atoms with Crippen LogP contribution < -0.4 is 32.1 Å². The zero-order valence-corrected chi connectivity index (χ0v) is 28.8. The highest BCUT2D eigenvalue weighted by Gasteiger charge is 2.33. The second kappa shape index (κ2) is 18.0. The minimum absolute atomic E-state index is 0.0892. The third-order valence-corrected chi connectivity index (χ3v) is 9.93. The molecule has 0 unspecified atom stereocenters. The topological polar surface area (TPSA) is 172 Å². The zero-order chi connectivity index (χ0) is 34.6. The van der Waals surface area contributed by atoms with Crippen molar-refractivity contribution in [3.8, 4) is 0 Å². The maximum absolute atomic E-state index is 13.9. The number of fused-ring (bicyclic) bond motifs is 1. The normalized spacial score (nSPS) is 17.4. The van der Waals surface area contributed by atoms with Gasteiger partial charge in [0.25, 0.3) is 5.56 Å². The number of nitrogens with one attached hydrogen (secondary N) is 3. The highest BCUT2D eigenvalue weighted by Crippen LogP contribution is 2.26. The Kier molecular flexibility index (Phi) is 13.8. The molecule has 1 saturated heterocycles. The summed E-state index contributed by atoms with van der Waals surface area (Å²) in [6.45, 7) is 6.31. The molecule has 1 aromatic carbocycles. The fourth-order valence-electron chi connectivity index (χ4n) is 6.69. The minimum atomic E-state index is -0.720. The molecule has 264 valence electrons. The molecule has 13 heteroatoms. The summed E-state index contributed by atoms with van der Waals surface area (Å²) in [4.78, 5) is 73.8. The average Bonchev–Trinajstić information content (AvgIpc) is 3.11. The van der Waals surface area contributed by atoms with E-state index in [1.54, 1.807) is 17.0 Å². The van der Waals surface area contributed by atoms with Crippen LogP contribution in [0.15, 0.2) is 29.3 Å². The van der Waals surface area contributed by atoms with E-state index in [0.29, 0.717) is 75.2 Å². The number of unbranched alkanes of at least 4 members (excludes halogenated alkanes) is 1. The summed E-state index contributed by atoms with van der Waals surface area (Å²) >= 11 is 0. The van der Waals surface area contributed by atoms with Gasteiger partial charge < -0.3 is 31.5 Å². The Balaban J connectivity index is 1.41. The largest absolute Gasteiger partial charge is 0.368 e. The lowest BCUT2D eigenvalue weighted by Gasteiger charge is -2.38. The number of nitrogens with zero attached hydrogens (tertiary/aromatic N) is 4. The van der Waals surface area contributed by atoms with Gasteiger partial charge in [0.1, 0.15) is 18.6 Å². The molecular formula is C35H54N8O5. The number of hydrogen-bond donors (Lipinski definition) is 4. The summed E-state index contributed by atoms with van der Waals surface area (Å²) in [5.74, 6) is -0.576. The highest BCUT2D eigenvalue weighted by molar-refractivity contribution is 5.92. The van der Waals surface area contributed by atoms with Crippen molar-refractivity contribution in [1.29, 1.82) is 0 Å². The van der Waals surface area contributed by atoms with Crippen molar-refractivity contribution < 1.29 is 19.2 Å². The molecule has 13 nitrogen and oxygen atoms in total. The first-order valence-electron chi connectivity index (χ1n) is 17.7. The maximum atomic E-state index is 13.9. The van der Waals surface area contributed by atoms with E-state index < -0.39 is 12.1 Å². The van der Waals surface area contributed by atoms with E-state index in [2.05, 4.69) is 25.8 Å². The number of anilines is 1. The smallest absolute Gasteiger partial charge is 0.261 e. The fraction of sp³-hybridized carbons (Fsp3) is 0.657. The van der Waals surface area contributed by atoms with E-state index in [9.17, 15) is 24.0 Å². The van der Waals surface area contributed by atoms with Crippen LogP contribution in [-0.2, 0) is 25.7 Å². The molecule has 2 fully saturated rings. The molecule has 48 heavy (non-hydrogen) atoms. The molecule has 2 aromatic rings. The predicted octanol–water partition coefficient (Wildman–Crippen LogP) is 1.91. The number of nitrogens with two attached hydrogens (primary N) is 1. The summed E-state index contributed by atoms with van der Waals surface area (Å²) in [5, 5.41) is 8.97. The molecule has 1 aromatic heterocycles. The van der Waals surface area contributed by atoms with Crippen molar-refractivity contribution in [1.82, 2.24) is 30.4 Å². The standard InChI is InChI=1S/C35H54N8O5/c1-4-24(2)32(40-30(44)20-25-10-6-5-7-11-25)33(46)39-29(12-8-9-15-36)35(48)42-18-16-41(17-19-42)26-13-14-28-27(21-26)34(47)43(23-38-28)22-31(45)37-3/h13-14,21,23-25,29,32H,4-12,15-20,22,36H2,1-3H3,(H,37,45)(H,39,46)(H,40,44)/t24-,29-,32-/m0/s1. The van der Waals surface area contributed by atoms with Crippen LogP contribution in [0.5, 0.6) is 0 Å². The van der Waals surface area contributed by atoms with Gasteiger partial charge in [-0.1, -0.05) is 39.5 Å². The molecule has 0 radical (unpaired) electrons. The number of amides is 4. The number of hydrogen-bond acceptors (Lipinski definition) is 8. The van der Waals surface area contributed by atoms with E-state index in [4.69, 9.17) is 5.73 Å². The number of carbonyl (C=O) groups is 4. The van der Waals surface area contributed by atoms with Crippen LogP contribution in [0.1, 0.15) is 78.1 Å². The van der Waals surface area contributed by atoms with Crippen LogP contribution in [-0.4, -0.2) is 89.9 Å². The monoisotopic (exact) mass is 666 g/mol. The van der Waals surface area contributed by atoms with Gasteiger partial charge in [0.2, 0.25) is 23.6 Å². The Morgan fingerprint density at radius 1 is 1.00 bits per heavy atom. The number of rotatable bonds is 15. The van der Waals surface area contributed by atoms with Gasteiger partial charge in [0.15, 0.2) is 0 Å². The van der Waals surface area contributed by atoms with Gasteiger partial charge in [0, 0.05) is 45.3 Å². The summed E-state index contributed by atoms with van der Waals surface area (Å²) in [6.07, 6.45) is 10.0. The zero-order valence-electron chi connectivity index (χ0n) is 28.8. The van der Waals surface area contributed by atoms with E-state index in [1.165, 1.54) is 24.4 Å². The summed E-state index contributed by atoms with van der Waals surface area (Å²) in [6, 6.07) is 4.05. The first-order chi connectivity index (χ1) is 23.1. The van der Waals surface area contributed by atoms with Crippen molar-refractivity contribution in [3.63, 3.8) is 0 Å². The predicted molar refractivity (Wildman–Crippen MR) is 186 cm³/mol. The SMILES string of the molecule is CC[C@H](C)[C@H](NC(=O)CC1CCCCC1)C(=O)N[C@@H](CCCCN)C(=O)N1CCN(c2ccc3ncn(CC(=O)NC)c(=O)c3c2)CC1. The first-order valence-corrected chi connectivity index (χ1v) is 17.7. The van der Waals surface area contributed by atoms with Gasteiger partial charge in [-0.25, -0.2) is 4.98 Å². The number of likely N-dealkylation sites (N-methyl/N-ethyl adjacent to an activating group) is 1. The molecule has 2 heterocycles. The summed E-state index contributed by atoms with van der Waals surface area (Å²) in [7, 11) is 1.52. The molecule has 0 bridgehead atoms. The molecule has 3 atom stereocenters. The Hall–Kier alpha value is -4.00. The number of benzene rings is 1. The van der Waals surface area contributed by atoms with Crippen LogP contribution in [0.2, 0.25) is 0 Å². The molecule has 1 saturated carbocycles. The molecule has 4 amide bonds. The highest BCUT2D eigenvalue weighted by atomic mass is 16.2. The van der Waals surface area contributed by atoms with Gasteiger partial charge in [-0.05, 0) is 68.7 Å². The Labute approximate surface area is 283 Å².